The average Bonchev–Trinajstić information content (AvgIpc) is 2.58. The van der Waals surface area contributed by atoms with Gasteiger partial charge in [-0.05, 0) is 11.1 Å². The second-order valence-electron chi connectivity index (χ2n) is 3.23. The summed E-state index contributed by atoms with van der Waals surface area (Å²) in [7, 11) is 0. The van der Waals surface area contributed by atoms with Crippen LogP contribution in [0.2, 0.25) is 0 Å². The fraction of sp³-hybridized carbons (Fsp3) is 0.222. The molecule has 0 amide bonds. The first-order chi connectivity index (χ1) is 6.70. The quantitative estimate of drug-likeness (QED) is 0.416. The maximum atomic E-state index is 10.5. The predicted octanol–water partition coefficient (Wildman–Crippen LogP) is 1.52. The zero-order valence-corrected chi connectivity index (χ0v) is 7.30. The monoisotopic (exact) mass is 192 g/mol. The summed E-state index contributed by atoms with van der Waals surface area (Å²) in [5.74, 6) is 0. The van der Waals surface area contributed by atoms with Gasteiger partial charge in [0.25, 0.3) is 5.69 Å². The van der Waals surface area contributed by atoms with E-state index in [1.54, 1.807) is 6.07 Å². The summed E-state index contributed by atoms with van der Waals surface area (Å²) in [4.78, 5) is 10.1. The van der Waals surface area contributed by atoms with E-state index < -0.39 is 4.92 Å². The van der Waals surface area contributed by atoms with Gasteiger partial charge in [-0.2, -0.15) is 0 Å². The van der Waals surface area contributed by atoms with Crippen molar-refractivity contribution >= 4 is 11.4 Å². The highest BCUT2D eigenvalue weighted by Crippen LogP contribution is 2.24. The smallest absolute Gasteiger partial charge is 0.269 e. The fourth-order valence-corrected chi connectivity index (χ4v) is 1.64. The van der Waals surface area contributed by atoms with Crippen molar-refractivity contribution < 1.29 is 10.1 Å². The molecule has 0 spiro atoms. The first-order valence-electron chi connectivity index (χ1n) is 4.16. The Kier molecular flexibility index (Phi) is 1.92. The standard InChI is InChI=1S/C9H8N2O3/c12-10-8-3-6-1-2-9(11(13)14)5-7(6)4-8/h1-2,5,12H,3-4H2. The zero-order chi connectivity index (χ0) is 10.1. The Balaban J connectivity index is 2.40. The van der Waals surface area contributed by atoms with E-state index in [0.29, 0.717) is 18.6 Å². The molecule has 1 N–H and O–H groups in total. The number of benzene rings is 1. The van der Waals surface area contributed by atoms with Crippen LogP contribution in [0.1, 0.15) is 11.1 Å². The van der Waals surface area contributed by atoms with Crippen LogP contribution in [0.4, 0.5) is 5.69 Å². The minimum Gasteiger partial charge on any atom is -0.411 e. The lowest BCUT2D eigenvalue weighted by Crippen LogP contribution is -1.94. The Morgan fingerprint density at radius 3 is 2.71 bits per heavy atom. The predicted molar refractivity (Wildman–Crippen MR) is 49.7 cm³/mol. The number of hydrogen-bond acceptors (Lipinski definition) is 4. The molecule has 14 heavy (non-hydrogen) atoms. The number of nitro benzene ring substituents is 1. The molecule has 0 aliphatic heterocycles. The Hall–Kier alpha value is -1.91. The molecule has 0 fully saturated rings. The largest absolute Gasteiger partial charge is 0.411 e. The van der Waals surface area contributed by atoms with Crippen molar-refractivity contribution in [1.29, 1.82) is 0 Å². The van der Waals surface area contributed by atoms with Gasteiger partial charge in [0.2, 0.25) is 0 Å². The third kappa shape index (κ3) is 1.32. The molecule has 0 heterocycles. The number of nitro groups is 1. The summed E-state index contributed by atoms with van der Waals surface area (Å²) in [6.07, 6.45) is 1.09. The van der Waals surface area contributed by atoms with Crippen molar-refractivity contribution in [3.8, 4) is 0 Å². The van der Waals surface area contributed by atoms with E-state index in [-0.39, 0.29) is 5.69 Å². The van der Waals surface area contributed by atoms with Gasteiger partial charge in [-0.3, -0.25) is 10.1 Å². The van der Waals surface area contributed by atoms with E-state index in [1.165, 1.54) is 12.1 Å². The number of oxime groups is 1. The number of non-ortho nitro benzene ring substituents is 1. The minimum atomic E-state index is -0.422. The molecule has 0 saturated heterocycles. The molecule has 1 aliphatic rings. The van der Waals surface area contributed by atoms with Crippen molar-refractivity contribution in [2.75, 3.05) is 0 Å². The van der Waals surface area contributed by atoms with Crippen LogP contribution in [0.25, 0.3) is 0 Å². The van der Waals surface area contributed by atoms with Crippen LogP contribution in [-0.2, 0) is 12.8 Å². The van der Waals surface area contributed by atoms with Gasteiger partial charge in [0.1, 0.15) is 0 Å². The topological polar surface area (TPSA) is 75.7 Å². The Morgan fingerprint density at radius 2 is 2.07 bits per heavy atom. The Labute approximate surface area is 79.8 Å². The van der Waals surface area contributed by atoms with Crippen molar-refractivity contribution in [2.24, 2.45) is 5.16 Å². The molecule has 2 rings (SSSR count). The van der Waals surface area contributed by atoms with Gasteiger partial charge < -0.3 is 5.21 Å². The van der Waals surface area contributed by atoms with E-state index in [4.69, 9.17) is 5.21 Å². The number of rotatable bonds is 1. The number of nitrogens with zero attached hydrogens (tertiary/aromatic N) is 2. The summed E-state index contributed by atoms with van der Waals surface area (Å²) < 4.78 is 0. The molecule has 0 unspecified atom stereocenters. The van der Waals surface area contributed by atoms with Crippen LogP contribution < -0.4 is 0 Å². The first kappa shape index (κ1) is 8.68. The highest BCUT2D eigenvalue weighted by molar-refractivity contribution is 5.92. The fourth-order valence-electron chi connectivity index (χ4n) is 1.64. The highest BCUT2D eigenvalue weighted by Gasteiger charge is 2.19. The molecular weight excluding hydrogens is 184 g/mol. The normalized spacial score (nSPS) is 17.0. The summed E-state index contributed by atoms with van der Waals surface area (Å²) in [5, 5.41) is 22.2. The maximum absolute atomic E-state index is 10.5. The van der Waals surface area contributed by atoms with Crippen molar-refractivity contribution in [3.63, 3.8) is 0 Å². The van der Waals surface area contributed by atoms with E-state index >= 15 is 0 Å². The molecule has 72 valence electrons. The Morgan fingerprint density at radius 1 is 1.36 bits per heavy atom. The molecule has 0 radical (unpaired) electrons. The zero-order valence-electron chi connectivity index (χ0n) is 7.30. The first-order valence-corrected chi connectivity index (χ1v) is 4.16. The lowest BCUT2D eigenvalue weighted by atomic mass is 10.1. The van der Waals surface area contributed by atoms with E-state index in [9.17, 15) is 10.1 Å². The molecule has 1 aromatic rings. The van der Waals surface area contributed by atoms with Crippen LogP contribution in [0, 0.1) is 10.1 Å². The molecule has 1 aromatic carbocycles. The van der Waals surface area contributed by atoms with Gasteiger partial charge in [0, 0.05) is 25.0 Å². The molecule has 0 atom stereocenters. The summed E-state index contributed by atoms with van der Waals surface area (Å²) >= 11 is 0. The van der Waals surface area contributed by atoms with Crippen LogP contribution in [0.15, 0.2) is 23.4 Å². The number of hydrogen-bond donors (Lipinski definition) is 1. The van der Waals surface area contributed by atoms with Gasteiger partial charge >= 0.3 is 0 Å². The number of fused-ring (bicyclic) bond motifs is 1. The van der Waals surface area contributed by atoms with Gasteiger partial charge in [0.05, 0.1) is 10.6 Å². The van der Waals surface area contributed by atoms with Crippen LogP contribution in [-0.4, -0.2) is 15.8 Å². The summed E-state index contributed by atoms with van der Waals surface area (Å²) in [6, 6.07) is 4.72. The van der Waals surface area contributed by atoms with Crippen LogP contribution >= 0.6 is 0 Å². The van der Waals surface area contributed by atoms with Crippen LogP contribution in [0.3, 0.4) is 0 Å². The lowest BCUT2D eigenvalue weighted by Gasteiger charge is -1.96. The SMILES string of the molecule is O=[N+]([O-])c1ccc2c(c1)CC(=NO)C2. The van der Waals surface area contributed by atoms with Gasteiger partial charge in [0.15, 0.2) is 0 Å². The molecule has 5 nitrogen and oxygen atoms in total. The lowest BCUT2D eigenvalue weighted by molar-refractivity contribution is -0.384. The molecule has 0 saturated carbocycles. The van der Waals surface area contributed by atoms with Gasteiger partial charge in [-0.25, -0.2) is 0 Å². The molecule has 5 heteroatoms. The van der Waals surface area contributed by atoms with Gasteiger partial charge in [-0.1, -0.05) is 11.2 Å². The maximum Gasteiger partial charge on any atom is 0.269 e. The second-order valence-corrected chi connectivity index (χ2v) is 3.23. The second kappa shape index (κ2) is 3.10. The Bertz CT molecular complexity index is 426. The van der Waals surface area contributed by atoms with Gasteiger partial charge in [-0.15, -0.1) is 0 Å². The van der Waals surface area contributed by atoms with Crippen molar-refractivity contribution in [1.82, 2.24) is 0 Å². The third-order valence-corrected chi connectivity index (χ3v) is 2.33. The van der Waals surface area contributed by atoms with Crippen molar-refractivity contribution in [2.45, 2.75) is 12.8 Å². The summed E-state index contributed by atoms with van der Waals surface area (Å²) in [6.45, 7) is 0. The van der Waals surface area contributed by atoms with Crippen LogP contribution in [0.5, 0.6) is 0 Å². The molecule has 0 bridgehead atoms. The highest BCUT2D eigenvalue weighted by atomic mass is 16.6. The third-order valence-electron chi connectivity index (χ3n) is 2.33. The molecule has 0 aromatic heterocycles. The van der Waals surface area contributed by atoms with E-state index in [2.05, 4.69) is 5.16 Å². The minimum absolute atomic E-state index is 0.0861. The molecular formula is C9H8N2O3. The average molecular weight is 192 g/mol. The van der Waals surface area contributed by atoms with Crippen molar-refractivity contribution in [3.05, 3.63) is 39.4 Å². The van der Waals surface area contributed by atoms with E-state index in [0.717, 1.165) is 11.1 Å². The van der Waals surface area contributed by atoms with E-state index in [1.807, 2.05) is 0 Å². The molecule has 1 aliphatic carbocycles. The summed E-state index contributed by atoms with van der Waals surface area (Å²) in [5.41, 5.74) is 2.62.